The lowest BCUT2D eigenvalue weighted by Crippen LogP contribution is -2.52. The zero-order chi connectivity index (χ0) is 15.6. The molecule has 1 aliphatic rings. The first-order chi connectivity index (χ1) is 10.5. The van der Waals surface area contributed by atoms with Gasteiger partial charge in [0.05, 0.1) is 5.69 Å². The minimum absolute atomic E-state index is 0.117. The molecule has 22 heavy (non-hydrogen) atoms. The van der Waals surface area contributed by atoms with Gasteiger partial charge in [0.2, 0.25) is 0 Å². The highest BCUT2D eigenvalue weighted by Gasteiger charge is 2.29. The van der Waals surface area contributed by atoms with Crippen molar-refractivity contribution >= 4 is 0 Å². The van der Waals surface area contributed by atoms with Gasteiger partial charge in [-0.1, -0.05) is 29.4 Å². The molecule has 1 N–H and O–H groups in total. The summed E-state index contributed by atoms with van der Waals surface area (Å²) < 4.78 is 5.10. The van der Waals surface area contributed by atoms with E-state index in [1.54, 1.807) is 0 Å². The van der Waals surface area contributed by atoms with Gasteiger partial charge in [0.25, 0.3) is 0 Å². The van der Waals surface area contributed by atoms with E-state index in [9.17, 15) is 0 Å². The van der Waals surface area contributed by atoms with Crippen LogP contribution >= 0.6 is 0 Å². The summed E-state index contributed by atoms with van der Waals surface area (Å²) in [6.07, 6.45) is 1.14. The molecule has 2 heterocycles. The lowest BCUT2D eigenvalue weighted by molar-refractivity contribution is 0.102. The Kier molecular flexibility index (Phi) is 4.32. The topological polar surface area (TPSA) is 41.3 Å². The molecule has 1 aromatic carbocycles. The van der Waals surface area contributed by atoms with Crippen molar-refractivity contribution in [3.05, 3.63) is 52.9 Å². The van der Waals surface area contributed by atoms with E-state index in [2.05, 4.69) is 53.5 Å². The average molecular weight is 299 g/mol. The maximum Gasteiger partial charge on any atom is 0.133 e. The smallest absolute Gasteiger partial charge is 0.133 e. The molecule has 4 heteroatoms. The summed E-state index contributed by atoms with van der Waals surface area (Å²) in [5.41, 5.74) is 4.05. The Hall–Kier alpha value is -1.65. The SMILES string of the molecule is Cc1cc(CNCC(C)(C)N2CCc3ccccc3C2)no1. The van der Waals surface area contributed by atoms with Gasteiger partial charge < -0.3 is 9.84 Å². The number of nitrogens with zero attached hydrogens (tertiary/aromatic N) is 2. The third-order valence-corrected chi connectivity index (χ3v) is 4.53. The fraction of sp³-hybridized carbons (Fsp3) is 0.500. The van der Waals surface area contributed by atoms with Crippen molar-refractivity contribution in [2.75, 3.05) is 13.1 Å². The quantitative estimate of drug-likeness (QED) is 0.921. The monoisotopic (exact) mass is 299 g/mol. The summed E-state index contributed by atoms with van der Waals surface area (Å²) in [6.45, 7) is 10.4. The predicted molar refractivity (Wildman–Crippen MR) is 87.6 cm³/mol. The number of nitrogens with one attached hydrogen (secondary N) is 1. The fourth-order valence-corrected chi connectivity index (χ4v) is 3.12. The fourth-order valence-electron chi connectivity index (χ4n) is 3.12. The van der Waals surface area contributed by atoms with Gasteiger partial charge in [-0.3, -0.25) is 4.90 Å². The van der Waals surface area contributed by atoms with Crippen LogP contribution in [0.15, 0.2) is 34.9 Å². The van der Waals surface area contributed by atoms with E-state index in [0.29, 0.717) is 0 Å². The van der Waals surface area contributed by atoms with Crippen molar-refractivity contribution in [3.63, 3.8) is 0 Å². The van der Waals surface area contributed by atoms with Crippen LogP contribution in [0.25, 0.3) is 0 Å². The van der Waals surface area contributed by atoms with E-state index < -0.39 is 0 Å². The molecule has 0 radical (unpaired) electrons. The summed E-state index contributed by atoms with van der Waals surface area (Å²) in [6, 6.07) is 10.8. The largest absolute Gasteiger partial charge is 0.361 e. The van der Waals surface area contributed by atoms with Crippen molar-refractivity contribution in [2.45, 2.75) is 45.8 Å². The van der Waals surface area contributed by atoms with E-state index in [1.165, 1.54) is 11.1 Å². The molecule has 0 saturated carbocycles. The minimum Gasteiger partial charge on any atom is -0.361 e. The van der Waals surface area contributed by atoms with E-state index >= 15 is 0 Å². The Morgan fingerprint density at radius 3 is 2.77 bits per heavy atom. The minimum atomic E-state index is 0.117. The second-order valence-corrected chi connectivity index (χ2v) is 6.79. The number of aromatic nitrogens is 1. The molecule has 2 aromatic rings. The molecule has 0 atom stereocenters. The van der Waals surface area contributed by atoms with Crippen LogP contribution in [0.4, 0.5) is 0 Å². The standard InChI is InChI=1S/C18H25N3O/c1-14-10-17(20-22-14)11-19-13-18(2,3)21-9-8-15-6-4-5-7-16(15)12-21/h4-7,10,19H,8-9,11-13H2,1-3H3. The zero-order valence-electron chi connectivity index (χ0n) is 13.7. The Labute approximate surface area is 132 Å². The number of hydrogen-bond donors (Lipinski definition) is 1. The van der Waals surface area contributed by atoms with E-state index in [1.807, 2.05) is 13.0 Å². The molecule has 0 aliphatic carbocycles. The number of fused-ring (bicyclic) bond motifs is 1. The molecule has 0 bridgehead atoms. The number of rotatable bonds is 5. The van der Waals surface area contributed by atoms with E-state index in [4.69, 9.17) is 4.52 Å². The Bertz CT molecular complexity index is 633. The first kappa shape index (κ1) is 15.3. The predicted octanol–water partition coefficient (Wildman–Crippen LogP) is 2.91. The van der Waals surface area contributed by atoms with Gasteiger partial charge in [-0.15, -0.1) is 0 Å². The molecule has 4 nitrogen and oxygen atoms in total. The molecule has 0 spiro atoms. The number of hydrogen-bond acceptors (Lipinski definition) is 4. The number of aryl methyl sites for hydroxylation is 1. The number of benzene rings is 1. The van der Waals surface area contributed by atoms with Gasteiger partial charge in [-0.05, 0) is 38.3 Å². The first-order valence-corrected chi connectivity index (χ1v) is 7.99. The molecule has 118 valence electrons. The van der Waals surface area contributed by atoms with Crippen molar-refractivity contribution in [2.24, 2.45) is 0 Å². The van der Waals surface area contributed by atoms with Crippen LogP contribution < -0.4 is 5.32 Å². The highest BCUT2D eigenvalue weighted by Crippen LogP contribution is 2.24. The lowest BCUT2D eigenvalue weighted by Gasteiger charge is -2.41. The highest BCUT2D eigenvalue weighted by molar-refractivity contribution is 5.29. The van der Waals surface area contributed by atoms with Crippen molar-refractivity contribution in [1.29, 1.82) is 0 Å². The van der Waals surface area contributed by atoms with Crippen LogP contribution in [0.1, 0.15) is 36.4 Å². The summed E-state index contributed by atoms with van der Waals surface area (Å²) in [7, 11) is 0. The summed E-state index contributed by atoms with van der Waals surface area (Å²) >= 11 is 0. The van der Waals surface area contributed by atoms with Crippen molar-refractivity contribution < 1.29 is 4.52 Å². The van der Waals surface area contributed by atoms with Gasteiger partial charge in [-0.2, -0.15) is 0 Å². The van der Waals surface area contributed by atoms with Crippen LogP contribution in [-0.2, 0) is 19.5 Å². The van der Waals surface area contributed by atoms with Crippen LogP contribution in [0.3, 0.4) is 0 Å². The van der Waals surface area contributed by atoms with E-state index in [0.717, 1.165) is 44.1 Å². The first-order valence-electron chi connectivity index (χ1n) is 7.99. The summed E-state index contributed by atoms with van der Waals surface area (Å²) in [5, 5.41) is 7.54. The maximum atomic E-state index is 5.10. The van der Waals surface area contributed by atoms with Crippen LogP contribution in [-0.4, -0.2) is 28.7 Å². The summed E-state index contributed by atoms with van der Waals surface area (Å²) in [4.78, 5) is 2.57. The van der Waals surface area contributed by atoms with Crippen LogP contribution in [0.2, 0.25) is 0 Å². The lowest BCUT2D eigenvalue weighted by atomic mass is 9.94. The third-order valence-electron chi connectivity index (χ3n) is 4.53. The molecule has 1 aromatic heterocycles. The summed E-state index contributed by atoms with van der Waals surface area (Å²) in [5.74, 6) is 0.865. The van der Waals surface area contributed by atoms with Gasteiger partial charge in [0.15, 0.2) is 0 Å². The average Bonchev–Trinajstić information content (AvgIpc) is 2.92. The van der Waals surface area contributed by atoms with Gasteiger partial charge in [-0.25, -0.2) is 0 Å². The Morgan fingerprint density at radius 1 is 1.27 bits per heavy atom. The molecule has 1 aliphatic heterocycles. The molecule has 0 amide bonds. The Balaban J connectivity index is 1.56. The van der Waals surface area contributed by atoms with E-state index in [-0.39, 0.29) is 5.54 Å². The highest BCUT2D eigenvalue weighted by atomic mass is 16.5. The van der Waals surface area contributed by atoms with Gasteiger partial charge in [0.1, 0.15) is 5.76 Å². The zero-order valence-corrected chi connectivity index (χ0v) is 13.7. The van der Waals surface area contributed by atoms with Crippen LogP contribution in [0.5, 0.6) is 0 Å². The molecule has 3 rings (SSSR count). The molecular weight excluding hydrogens is 274 g/mol. The van der Waals surface area contributed by atoms with Crippen LogP contribution in [0, 0.1) is 6.92 Å². The normalized spacial score (nSPS) is 15.8. The molecule has 0 saturated heterocycles. The maximum absolute atomic E-state index is 5.10. The molecule has 0 fully saturated rings. The van der Waals surface area contributed by atoms with Gasteiger partial charge in [0, 0.05) is 37.8 Å². The molecule has 0 unspecified atom stereocenters. The van der Waals surface area contributed by atoms with Crippen molar-refractivity contribution in [3.8, 4) is 0 Å². The Morgan fingerprint density at radius 2 is 2.05 bits per heavy atom. The second kappa shape index (κ2) is 6.23. The second-order valence-electron chi connectivity index (χ2n) is 6.79. The third kappa shape index (κ3) is 3.39. The molecular formula is C18H25N3O. The van der Waals surface area contributed by atoms with Gasteiger partial charge >= 0.3 is 0 Å². The van der Waals surface area contributed by atoms with Crippen molar-refractivity contribution in [1.82, 2.24) is 15.4 Å².